The van der Waals surface area contributed by atoms with Crippen LogP contribution >= 0.6 is 0 Å². The molecule has 0 aromatic rings. The molecular weight excluding hydrogens is 312 g/mol. The highest BCUT2D eigenvalue weighted by Crippen LogP contribution is 2.08. The van der Waals surface area contributed by atoms with Gasteiger partial charge in [-0.15, -0.1) is 0 Å². The number of hydrogen-bond acceptors (Lipinski definition) is 2. The van der Waals surface area contributed by atoms with E-state index in [-0.39, 0.29) is 0 Å². The lowest BCUT2D eigenvalue weighted by Gasteiger charge is -2.00. The van der Waals surface area contributed by atoms with Gasteiger partial charge in [0.1, 0.15) is 5.78 Å². The molecule has 0 bridgehead atoms. The van der Waals surface area contributed by atoms with Crippen LogP contribution in [0.2, 0.25) is 0 Å². The Morgan fingerprint density at radius 1 is 0.720 bits per heavy atom. The summed E-state index contributed by atoms with van der Waals surface area (Å²) < 4.78 is 0. The highest BCUT2D eigenvalue weighted by molar-refractivity contribution is 5.80. The summed E-state index contributed by atoms with van der Waals surface area (Å²) in [4.78, 5) is 21.8. The second-order valence-electron chi connectivity index (χ2n) is 5.88. The number of carboxylic acid groups (broad SMARTS) is 1. The molecule has 25 heavy (non-hydrogen) atoms. The molecule has 3 heteroatoms. The SMILES string of the molecule is CCCCCC(=O)CCCCC/C=C/C=C/C=C/C=C/C=C/C(=O)O. The normalized spacial score (nSPS) is 12.5. The molecule has 1 N–H and O–H groups in total. The van der Waals surface area contributed by atoms with E-state index in [4.69, 9.17) is 5.11 Å². The van der Waals surface area contributed by atoms with E-state index in [0.29, 0.717) is 5.78 Å². The number of ketones is 1. The van der Waals surface area contributed by atoms with Crippen LogP contribution in [-0.4, -0.2) is 16.9 Å². The zero-order chi connectivity index (χ0) is 18.6. The maximum atomic E-state index is 11.6. The number of carbonyl (C=O) groups excluding carboxylic acids is 1. The van der Waals surface area contributed by atoms with Crippen LogP contribution in [0.25, 0.3) is 0 Å². The van der Waals surface area contributed by atoms with Crippen LogP contribution in [0, 0.1) is 0 Å². The maximum absolute atomic E-state index is 11.6. The molecule has 0 spiro atoms. The molecule has 0 atom stereocenters. The lowest BCUT2D eigenvalue weighted by Crippen LogP contribution is -1.97. The minimum Gasteiger partial charge on any atom is -0.478 e. The number of unbranched alkanes of at least 4 members (excludes halogenated alkanes) is 5. The number of allylic oxidation sites excluding steroid dienone is 9. The van der Waals surface area contributed by atoms with Crippen molar-refractivity contribution in [2.45, 2.75) is 64.7 Å². The van der Waals surface area contributed by atoms with Gasteiger partial charge in [-0.25, -0.2) is 4.79 Å². The van der Waals surface area contributed by atoms with Crippen LogP contribution in [0.3, 0.4) is 0 Å². The van der Waals surface area contributed by atoms with Gasteiger partial charge in [-0.05, 0) is 25.7 Å². The van der Waals surface area contributed by atoms with Gasteiger partial charge in [0, 0.05) is 18.9 Å². The Bertz CT molecular complexity index is 493. The summed E-state index contributed by atoms with van der Waals surface area (Å²) in [5.41, 5.74) is 0. The smallest absolute Gasteiger partial charge is 0.328 e. The molecule has 0 aliphatic rings. The second-order valence-corrected chi connectivity index (χ2v) is 5.88. The third-order valence-electron chi connectivity index (χ3n) is 3.54. The van der Waals surface area contributed by atoms with E-state index in [9.17, 15) is 9.59 Å². The van der Waals surface area contributed by atoms with Gasteiger partial charge in [-0.1, -0.05) is 80.9 Å². The number of carbonyl (C=O) groups is 2. The fourth-order valence-electron chi connectivity index (χ4n) is 2.16. The van der Waals surface area contributed by atoms with E-state index in [2.05, 4.69) is 13.0 Å². The lowest BCUT2D eigenvalue weighted by molar-refractivity contribution is -0.131. The van der Waals surface area contributed by atoms with Crippen molar-refractivity contribution in [3.05, 3.63) is 60.8 Å². The number of carboxylic acids is 1. The van der Waals surface area contributed by atoms with Crippen molar-refractivity contribution >= 4 is 11.8 Å². The van der Waals surface area contributed by atoms with Crippen LogP contribution in [0.1, 0.15) is 64.7 Å². The van der Waals surface area contributed by atoms with Crippen molar-refractivity contribution in [1.82, 2.24) is 0 Å². The molecule has 0 unspecified atom stereocenters. The maximum Gasteiger partial charge on any atom is 0.328 e. The van der Waals surface area contributed by atoms with E-state index in [1.165, 1.54) is 12.5 Å². The first-order valence-corrected chi connectivity index (χ1v) is 9.24. The highest BCUT2D eigenvalue weighted by Gasteiger charge is 2.00. The van der Waals surface area contributed by atoms with Crippen LogP contribution in [0.4, 0.5) is 0 Å². The summed E-state index contributed by atoms with van der Waals surface area (Å²) in [6, 6.07) is 0. The number of rotatable bonds is 15. The summed E-state index contributed by atoms with van der Waals surface area (Å²) in [6.07, 6.45) is 27.0. The van der Waals surface area contributed by atoms with E-state index >= 15 is 0 Å². The van der Waals surface area contributed by atoms with E-state index < -0.39 is 5.97 Å². The van der Waals surface area contributed by atoms with E-state index in [1.807, 2.05) is 30.4 Å². The highest BCUT2D eigenvalue weighted by atomic mass is 16.4. The molecule has 0 aliphatic heterocycles. The average Bonchev–Trinajstić information content (AvgIpc) is 2.58. The van der Waals surface area contributed by atoms with Crippen LogP contribution in [-0.2, 0) is 9.59 Å². The van der Waals surface area contributed by atoms with E-state index in [0.717, 1.165) is 57.4 Å². The Hall–Kier alpha value is -2.16. The van der Waals surface area contributed by atoms with Gasteiger partial charge >= 0.3 is 5.97 Å². The van der Waals surface area contributed by atoms with Crippen molar-refractivity contribution < 1.29 is 14.7 Å². The first-order valence-electron chi connectivity index (χ1n) is 9.24. The standard InChI is InChI=1S/C22H32O3/c1-2-3-15-18-21(23)19-16-13-11-9-7-5-4-6-8-10-12-14-17-20-22(24)25/h4-8,10,12,14,17,20H,2-3,9,11,13,15-16,18-19H2,1H3,(H,24,25)/b6-4+,7-5+,10-8+,14-12+,20-17+. The van der Waals surface area contributed by atoms with Crippen LogP contribution < -0.4 is 0 Å². The molecule has 0 aliphatic carbocycles. The van der Waals surface area contributed by atoms with E-state index in [1.54, 1.807) is 12.2 Å². The van der Waals surface area contributed by atoms with Gasteiger partial charge in [0.15, 0.2) is 0 Å². The molecule has 0 saturated carbocycles. The largest absolute Gasteiger partial charge is 0.478 e. The van der Waals surface area contributed by atoms with Gasteiger partial charge in [0.2, 0.25) is 0 Å². The molecule has 0 saturated heterocycles. The van der Waals surface area contributed by atoms with Gasteiger partial charge < -0.3 is 5.11 Å². The summed E-state index contributed by atoms with van der Waals surface area (Å²) in [6.45, 7) is 2.16. The van der Waals surface area contributed by atoms with Crippen molar-refractivity contribution in [3.63, 3.8) is 0 Å². The zero-order valence-electron chi connectivity index (χ0n) is 15.4. The average molecular weight is 344 g/mol. The summed E-state index contributed by atoms with van der Waals surface area (Å²) in [5.74, 6) is -0.525. The first-order chi connectivity index (χ1) is 12.2. The van der Waals surface area contributed by atoms with Gasteiger partial charge in [-0.2, -0.15) is 0 Å². The van der Waals surface area contributed by atoms with Crippen LogP contribution in [0.15, 0.2) is 60.8 Å². The molecule has 3 nitrogen and oxygen atoms in total. The number of Topliss-reactive ketones (excluding diaryl/α,β-unsaturated/α-hetero) is 1. The fraction of sp³-hybridized carbons (Fsp3) is 0.455. The third-order valence-corrected chi connectivity index (χ3v) is 3.54. The lowest BCUT2D eigenvalue weighted by atomic mass is 10.1. The Balaban J connectivity index is 3.56. The molecule has 0 fully saturated rings. The molecule has 0 radical (unpaired) electrons. The molecule has 138 valence electrons. The molecule has 0 rings (SSSR count). The predicted octanol–water partition coefficient (Wildman–Crippen LogP) is 5.95. The third kappa shape index (κ3) is 19.8. The molecule has 0 aromatic heterocycles. The minimum absolute atomic E-state index is 0.422. The van der Waals surface area contributed by atoms with Crippen LogP contribution in [0.5, 0.6) is 0 Å². The summed E-state index contributed by atoms with van der Waals surface area (Å²) in [5, 5.41) is 8.40. The summed E-state index contributed by atoms with van der Waals surface area (Å²) >= 11 is 0. The van der Waals surface area contributed by atoms with Crippen molar-refractivity contribution in [3.8, 4) is 0 Å². The van der Waals surface area contributed by atoms with Gasteiger partial charge in [0.25, 0.3) is 0 Å². The van der Waals surface area contributed by atoms with Crippen molar-refractivity contribution in [2.24, 2.45) is 0 Å². The van der Waals surface area contributed by atoms with Gasteiger partial charge in [0.05, 0.1) is 0 Å². The van der Waals surface area contributed by atoms with Crippen molar-refractivity contribution in [2.75, 3.05) is 0 Å². The minimum atomic E-state index is -0.947. The van der Waals surface area contributed by atoms with Gasteiger partial charge in [-0.3, -0.25) is 4.79 Å². The molecule has 0 heterocycles. The second kappa shape index (κ2) is 18.2. The molecule has 0 aromatic carbocycles. The molecule has 0 amide bonds. The Morgan fingerprint density at radius 2 is 1.28 bits per heavy atom. The summed E-state index contributed by atoms with van der Waals surface area (Å²) in [7, 11) is 0. The first kappa shape index (κ1) is 22.8. The predicted molar refractivity (Wildman–Crippen MR) is 106 cm³/mol. The number of hydrogen-bond donors (Lipinski definition) is 1. The molecular formula is C22H32O3. The number of aliphatic carboxylic acids is 1. The Labute approximate surface area is 152 Å². The topological polar surface area (TPSA) is 54.4 Å². The Kier molecular flexibility index (Phi) is 16.6. The zero-order valence-corrected chi connectivity index (χ0v) is 15.4. The van der Waals surface area contributed by atoms with Crippen molar-refractivity contribution in [1.29, 1.82) is 0 Å². The monoisotopic (exact) mass is 344 g/mol. The fourth-order valence-corrected chi connectivity index (χ4v) is 2.16. The Morgan fingerprint density at radius 3 is 1.88 bits per heavy atom. The quantitative estimate of drug-likeness (QED) is 0.227.